The van der Waals surface area contributed by atoms with Crippen molar-refractivity contribution in [1.29, 1.82) is 0 Å². The first-order chi connectivity index (χ1) is 9.56. The Morgan fingerprint density at radius 2 is 2.00 bits per heavy atom. The summed E-state index contributed by atoms with van der Waals surface area (Å²) in [4.78, 5) is 4.31. The van der Waals surface area contributed by atoms with Gasteiger partial charge in [-0.05, 0) is 30.9 Å². The van der Waals surface area contributed by atoms with Crippen molar-refractivity contribution in [3.8, 4) is 11.5 Å². The molecule has 1 rings (SSSR count). The van der Waals surface area contributed by atoms with Crippen molar-refractivity contribution in [3.63, 3.8) is 0 Å². The van der Waals surface area contributed by atoms with Gasteiger partial charge in [0.2, 0.25) is 0 Å². The van der Waals surface area contributed by atoms with Crippen LogP contribution in [0, 0.1) is 5.92 Å². The quantitative estimate of drug-likeness (QED) is 0.314. The van der Waals surface area contributed by atoms with Crippen LogP contribution in [0.1, 0.15) is 26.7 Å². The number of ether oxygens (including phenoxy) is 2. The molecular formula is C15H26IN3O2. The van der Waals surface area contributed by atoms with E-state index in [2.05, 4.69) is 24.2 Å². The topological polar surface area (TPSA) is 68.9 Å². The highest BCUT2D eigenvalue weighted by molar-refractivity contribution is 14.0. The minimum Gasteiger partial charge on any atom is -0.497 e. The third-order valence-electron chi connectivity index (χ3n) is 2.89. The van der Waals surface area contributed by atoms with E-state index in [0.717, 1.165) is 30.8 Å². The van der Waals surface area contributed by atoms with E-state index in [1.807, 2.05) is 18.2 Å². The Balaban J connectivity index is 0.00000400. The molecule has 0 aliphatic carbocycles. The molecule has 0 amide bonds. The summed E-state index contributed by atoms with van der Waals surface area (Å²) in [5.74, 6) is 2.52. The monoisotopic (exact) mass is 407 g/mol. The molecule has 3 N–H and O–H groups in total. The molecule has 0 saturated carbocycles. The zero-order valence-corrected chi connectivity index (χ0v) is 15.5. The van der Waals surface area contributed by atoms with Crippen molar-refractivity contribution in [2.24, 2.45) is 16.6 Å². The van der Waals surface area contributed by atoms with Gasteiger partial charge in [-0.3, -0.25) is 4.99 Å². The fourth-order valence-corrected chi connectivity index (χ4v) is 1.79. The van der Waals surface area contributed by atoms with Crippen LogP contribution in [0.2, 0.25) is 0 Å². The van der Waals surface area contributed by atoms with Gasteiger partial charge in [-0.25, -0.2) is 0 Å². The van der Waals surface area contributed by atoms with Crippen LogP contribution in [0.15, 0.2) is 23.2 Å². The molecule has 0 bridgehead atoms. The fraction of sp³-hybridized carbons (Fsp3) is 0.533. The average molecular weight is 407 g/mol. The molecule has 21 heavy (non-hydrogen) atoms. The van der Waals surface area contributed by atoms with Crippen LogP contribution in [0.3, 0.4) is 0 Å². The summed E-state index contributed by atoms with van der Waals surface area (Å²) in [5, 5.41) is 3.05. The van der Waals surface area contributed by atoms with Gasteiger partial charge in [-0.15, -0.1) is 24.0 Å². The van der Waals surface area contributed by atoms with Crippen molar-refractivity contribution >= 4 is 35.6 Å². The lowest BCUT2D eigenvalue weighted by Gasteiger charge is -2.12. The molecule has 0 fully saturated rings. The number of rotatable bonds is 7. The molecule has 120 valence electrons. The molecule has 0 aliphatic rings. The van der Waals surface area contributed by atoms with Crippen LogP contribution in [-0.2, 0) is 0 Å². The zero-order valence-electron chi connectivity index (χ0n) is 13.2. The number of nitrogens with zero attached hydrogens (tertiary/aromatic N) is 1. The number of nitrogens with two attached hydrogens (primary N) is 1. The van der Waals surface area contributed by atoms with E-state index in [9.17, 15) is 0 Å². The van der Waals surface area contributed by atoms with Gasteiger partial charge in [0.15, 0.2) is 5.96 Å². The maximum atomic E-state index is 5.88. The summed E-state index contributed by atoms with van der Waals surface area (Å²) < 4.78 is 10.5. The number of benzene rings is 1. The number of methoxy groups -OCH3 is 2. The molecule has 0 spiro atoms. The molecule has 0 atom stereocenters. The van der Waals surface area contributed by atoms with Crippen LogP contribution < -0.4 is 20.5 Å². The predicted octanol–water partition coefficient (Wildman–Crippen LogP) is 3.48. The first-order valence-corrected chi connectivity index (χ1v) is 6.85. The summed E-state index contributed by atoms with van der Waals surface area (Å²) in [6, 6.07) is 5.49. The second kappa shape index (κ2) is 10.5. The summed E-state index contributed by atoms with van der Waals surface area (Å²) in [7, 11) is 3.23. The van der Waals surface area contributed by atoms with Gasteiger partial charge < -0.3 is 20.5 Å². The number of hydrogen-bond donors (Lipinski definition) is 2. The zero-order chi connectivity index (χ0) is 15.0. The summed E-state index contributed by atoms with van der Waals surface area (Å²) in [6.45, 7) is 5.13. The lowest BCUT2D eigenvalue weighted by Crippen LogP contribution is -2.23. The number of aliphatic imine (C=N–C) groups is 1. The van der Waals surface area contributed by atoms with Crippen molar-refractivity contribution in [2.75, 3.05) is 26.1 Å². The lowest BCUT2D eigenvalue weighted by molar-refractivity contribution is 0.405. The molecule has 0 aliphatic heterocycles. The molecule has 5 nitrogen and oxygen atoms in total. The van der Waals surface area contributed by atoms with Crippen LogP contribution in [0.25, 0.3) is 0 Å². The Morgan fingerprint density at radius 1 is 1.29 bits per heavy atom. The van der Waals surface area contributed by atoms with Gasteiger partial charge >= 0.3 is 0 Å². The van der Waals surface area contributed by atoms with E-state index >= 15 is 0 Å². The Kier molecular flexibility index (Phi) is 9.94. The second-order valence-electron chi connectivity index (χ2n) is 4.99. The third-order valence-corrected chi connectivity index (χ3v) is 2.89. The van der Waals surface area contributed by atoms with Gasteiger partial charge in [0, 0.05) is 12.6 Å². The van der Waals surface area contributed by atoms with Gasteiger partial charge in [-0.1, -0.05) is 13.8 Å². The Bertz CT molecular complexity index is 451. The minimum atomic E-state index is 0. The highest BCUT2D eigenvalue weighted by Crippen LogP contribution is 2.28. The third kappa shape index (κ3) is 7.40. The van der Waals surface area contributed by atoms with Gasteiger partial charge in [0.1, 0.15) is 11.5 Å². The largest absolute Gasteiger partial charge is 0.497 e. The van der Waals surface area contributed by atoms with Crippen LogP contribution >= 0.6 is 24.0 Å². The standard InChI is InChI=1S/C15H25N3O2.HI/c1-11(2)6-5-9-17-15(16)18-13-10-12(19-3)7-8-14(13)20-4;/h7-8,10-11H,5-6,9H2,1-4H3,(H3,16,17,18);1H. The first kappa shape index (κ1) is 19.8. The van der Waals surface area contributed by atoms with E-state index in [1.54, 1.807) is 14.2 Å². The molecule has 0 saturated heterocycles. The molecule has 6 heteroatoms. The second-order valence-corrected chi connectivity index (χ2v) is 4.99. The van der Waals surface area contributed by atoms with Gasteiger partial charge in [0.05, 0.1) is 19.9 Å². The van der Waals surface area contributed by atoms with E-state index < -0.39 is 0 Å². The molecule has 0 unspecified atom stereocenters. The van der Waals surface area contributed by atoms with E-state index in [1.165, 1.54) is 0 Å². The van der Waals surface area contributed by atoms with E-state index in [-0.39, 0.29) is 24.0 Å². The summed E-state index contributed by atoms with van der Waals surface area (Å²) in [6.07, 6.45) is 2.19. The maximum absolute atomic E-state index is 5.88. The van der Waals surface area contributed by atoms with Crippen molar-refractivity contribution in [2.45, 2.75) is 26.7 Å². The number of nitrogens with one attached hydrogen (secondary N) is 1. The number of guanidine groups is 1. The SMILES string of the molecule is COc1ccc(OC)c(NC(N)=NCCCC(C)C)c1.I. The summed E-state index contributed by atoms with van der Waals surface area (Å²) in [5.41, 5.74) is 6.63. The number of halogens is 1. The molecule has 0 aromatic heterocycles. The minimum absolute atomic E-state index is 0. The first-order valence-electron chi connectivity index (χ1n) is 6.85. The van der Waals surface area contributed by atoms with Crippen molar-refractivity contribution in [3.05, 3.63) is 18.2 Å². The molecule has 0 heterocycles. The molecule has 1 aromatic carbocycles. The van der Waals surface area contributed by atoms with E-state index in [4.69, 9.17) is 15.2 Å². The van der Waals surface area contributed by atoms with Crippen LogP contribution in [-0.4, -0.2) is 26.7 Å². The summed E-state index contributed by atoms with van der Waals surface area (Å²) >= 11 is 0. The predicted molar refractivity (Wildman–Crippen MR) is 99.1 cm³/mol. The average Bonchev–Trinajstić information content (AvgIpc) is 2.43. The Labute approximate surface area is 144 Å². The van der Waals surface area contributed by atoms with Gasteiger partial charge in [0.25, 0.3) is 0 Å². The number of anilines is 1. The maximum Gasteiger partial charge on any atom is 0.193 e. The van der Waals surface area contributed by atoms with Gasteiger partial charge in [-0.2, -0.15) is 0 Å². The lowest BCUT2D eigenvalue weighted by atomic mass is 10.1. The molecule has 1 aromatic rings. The number of hydrogen-bond acceptors (Lipinski definition) is 3. The van der Waals surface area contributed by atoms with Crippen molar-refractivity contribution < 1.29 is 9.47 Å². The Hall–Kier alpha value is -1.18. The fourth-order valence-electron chi connectivity index (χ4n) is 1.79. The smallest absolute Gasteiger partial charge is 0.193 e. The highest BCUT2D eigenvalue weighted by atomic mass is 127. The normalized spacial score (nSPS) is 11.0. The Morgan fingerprint density at radius 3 is 2.57 bits per heavy atom. The van der Waals surface area contributed by atoms with Crippen molar-refractivity contribution in [1.82, 2.24) is 0 Å². The highest BCUT2D eigenvalue weighted by Gasteiger charge is 2.05. The molecule has 0 radical (unpaired) electrons. The van der Waals surface area contributed by atoms with Crippen LogP contribution in [0.4, 0.5) is 5.69 Å². The van der Waals surface area contributed by atoms with E-state index in [0.29, 0.717) is 17.6 Å². The van der Waals surface area contributed by atoms with Crippen LogP contribution in [0.5, 0.6) is 11.5 Å². The molecular weight excluding hydrogens is 381 g/mol.